The van der Waals surface area contributed by atoms with Gasteiger partial charge in [-0.3, -0.25) is 9.89 Å². The number of aromatic nitrogens is 2. The fraction of sp³-hybridized carbons (Fsp3) is 0.600. The lowest BCUT2D eigenvalue weighted by Crippen LogP contribution is -2.51. The second-order valence-electron chi connectivity index (χ2n) is 3.89. The number of hydrogen-bond acceptors (Lipinski definition) is 3. The summed E-state index contributed by atoms with van der Waals surface area (Å²) in [6, 6.07) is 1.73. The van der Waals surface area contributed by atoms with E-state index in [0.717, 1.165) is 0 Å². The monoisotopic (exact) mass is 243 g/mol. The van der Waals surface area contributed by atoms with Gasteiger partial charge in [0.05, 0.1) is 24.6 Å². The number of H-pyrrole nitrogens is 1. The maximum absolute atomic E-state index is 12.1. The maximum Gasteiger partial charge on any atom is 0.272 e. The van der Waals surface area contributed by atoms with E-state index in [1.807, 2.05) is 6.92 Å². The van der Waals surface area contributed by atoms with Crippen molar-refractivity contribution in [3.63, 3.8) is 0 Å². The van der Waals surface area contributed by atoms with Crippen LogP contribution in [0.4, 0.5) is 0 Å². The zero-order chi connectivity index (χ0) is 11.5. The van der Waals surface area contributed by atoms with E-state index in [4.69, 9.17) is 16.3 Å². The van der Waals surface area contributed by atoms with Gasteiger partial charge in [0.2, 0.25) is 0 Å². The minimum Gasteiger partial charge on any atom is -0.373 e. The summed E-state index contributed by atoms with van der Waals surface area (Å²) in [6.07, 6.45) is 1.49. The number of carbonyl (C=O) groups is 1. The van der Waals surface area contributed by atoms with Gasteiger partial charge in [-0.05, 0) is 13.0 Å². The molecule has 1 aliphatic rings. The smallest absolute Gasteiger partial charge is 0.272 e. The molecule has 1 aromatic rings. The number of morpholine rings is 1. The molecule has 88 valence electrons. The van der Waals surface area contributed by atoms with Crippen LogP contribution in [-0.4, -0.2) is 52.2 Å². The average Bonchev–Trinajstić information content (AvgIpc) is 2.82. The van der Waals surface area contributed by atoms with Crippen LogP contribution < -0.4 is 0 Å². The number of ether oxygens (including phenoxy) is 1. The van der Waals surface area contributed by atoms with E-state index in [1.165, 1.54) is 0 Å². The number of alkyl halides is 1. The number of carbonyl (C=O) groups excluding carboxylic acids is 1. The summed E-state index contributed by atoms with van der Waals surface area (Å²) in [5.41, 5.74) is 0.502. The molecule has 1 aromatic heterocycles. The van der Waals surface area contributed by atoms with Crippen LogP contribution in [0.15, 0.2) is 12.3 Å². The summed E-state index contributed by atoms with van der Waals surface area (Å²) in [7, 11) is 0. The number of amides is 1. The summed E-state index contributed by atoms with van der Waals surface area (Å²) in [5.74, 6) is 0.350. The first-order valence-electron chi connectivity index (χ1n) is 5.20. The minimum atomic E-state index is -0.0789. The molecule has 1 aliphatic heterocycles. The molecule has 0 aromatic carbocycles. The normalized spacial score (nSPS) is 25.8. The molecule has 2 unspecified atom stereocenters. The molecule has 0 saturated carbocycles. The molecule has 16 heavy (non-hydrogen) atoms. The Hall–Kier alpha value is -1.07. The van der Waals surface area contributed by atoms with E-state index >= 15 is 0 Å². The lowest BCUT2D eigenvalue weighted by atomic mass is 10.2. The Bertz CT molecular complexity index is 355. The standard InChI is InChI=1S/C10H14ClN3O2/c1-7-6-16-8(4-11)5-14(7)10(15)9-2-3-12-13-9/h2-3,7-8H,4-6H2,1H3,(H,12,13). The highest BCUT2D eigenvalue weighted by atomic mass is 35.5. The van der Waals surface area contributed by atoms with Crippen molar-refractivity contribution in [2.45, 2.75) is 19.1 Å². The van der Waals surface area contributed by atoms with Crippen LogP contribution in [0.25, 0.3) is 0 Å². The van der Waals surface area contributed by atoms with E-state index in [1.54, 1.807) is 17.2 Å². The molecule has 0 radical (unpaired) electrons. The van der Waals surface area contributed by atoms with Gasteiger partial charge in [0.1, 0.15) is 5.69 Å². The van der Waals surface area contributed by atoms with Crippen molar-refractivity contribution in [1.29, 1.82) is 0 Å². The second-order valence-corrected chi connectivity index (χ2v) is 4.20. The Kier molecular flexibility index (Phi) is 3.46. The molecule has 0 aliphatic carbocycles. The van der Waals surface area contributed by atoms with Crippen LogP contribution in [0, 0.1) is 0 Å². The van der Waals surface area contributed by atoms with Crippen molar-refractivity contribution >= 4 is 17.5 Å². The van der Waals surface area contributed by atoms with Crippen molar-refractivity contribution in [3.05, 3.63) is 18.0 Å². The number of nitrogens with zero attached hydrogens (tertiary/aromatic N) is 2. The highest BCUT2D eigenvalue weighted by Gasteiger charge is 2.30. The van der Waals surface area contributed by atoms with Crippen LogP contribution in [0.2, 0.25) is 0 Å². The fourth-order valence-corrected chi connectivity index (χ4v) is 1.91. The van der Waals surface area contributed by atoms with Crippen LogP contribution in [-0.2, 0) is 4.74 Å². The molecule has 0 bridgehead atoms. The molecular weight excluding hydrogens is 230 g/mol. The van der Waals surface area contributed by atoms with Crippen molar-refractivity contribution in [3.8, 4) is 0 Å². The van der Waals surface area contributed by atoms with Gasteiger partial charge in [-0.1, -0.05) is 0 Å². The predicted octanol–water partition coefficient (Wildman–Crippen LogP) is 0.878. The molecular formula is C10H14ClN3O2. The number of rotatable bonds is 2. The summed E-state index contributed by atoms with van der Waals surface area (Å²) in [6.45, 7) is 3.01. The summed E-state index contributed by atoms with van der Waals surface area (Å²) in [5, 5.41) is 6.45. The highest BCUT2D eigenvalue weighted by molar-refractivity contribution is 6.18. The Morgan fingerprint density at radius 1 is 1.81 bits per heavy atom. The molecule has 6 heteroatoms. The van der Waals surface area contributed by atoms with Crippen LogP contribution in [0.3, 0.4) is 0 Å². The van der Waals surface area contributed by atoms with Gasteiger partial charge in [-0.25, -0.2) is 0 Å². The number of hydrogen-bond donors (Lipinski definition) is 1. The molecule has 5 nitrogen and oxygen atoms in total. The lowest BCUT2D eigenvalue weighted by molar-refractivity contribution is -0.0373. The minimum absolute atomic E-state index is 0.0524. The van der Waals surface area contributed by atoms with Gasteiger partial charge >= 0.3 is 0 Å². The van der Waals surface area contributed by atoms with E-state index in [2.05, 4.69) is 10.2 Å². The van der Waals surface area contributed by atoms with Gasteiger partial charge in [0, 0.05) is 12.7 Å². The molecule has 0 spiro atoms. The van der Waals surface area contributed by atoms with Crippen molar-refractivity contribution in [2.24, 2.45) is 0 Å². The molecule has 2 rings (SSSR count). The summed E-state index contributed by atoms with van der Waals surface area (Å²) >= 11 is 5.74. The zero-order valence-electron chi connectivity index (χ0n) is 9.02. The predicted molar refractivity (Wildman–Crippen MR) is 59.5 cm³/mol. The SMILES string of the molecule is CC1COC(CCl)CN1C(=O)c1ccn[nH]1. The third kappa shape index (κ3) is 2.20. The third-order valence-corrected chi connectivity index (χ3v) is 3.01. The zero-order valence-corrected chi connectivity index (χ0v) is 9.78. The number of aromatic amines is 1. The van der Waals surface area contributed by atoms with E-state index < -0.39 is 0 Å². The highest BCUT2D eigenvalue weighted by Crippen LogP contribution is 2.15. The van der Waals surface area contributed by atoms with E-state index in [9.17, 15) is 4.79 Å². The molecule has 1 fully saturated rings. The van der Waals surface area contributed by atoms with Gasteiger partial charge < -0.3 is 9.64 Å². The van der Waals surface area contributed by atoms with E-state index in [-0.39, 0.29) is 18.1 Å². The van der Waals surface area contributed by atoms with Crippen molar-refractivity contribution in [1.82, 2.24) is 15.1 Å². The first kappa shape index (κ1) is 11.4. The van der Waals surface area contributed by atoms with Crippen molar-refractivity contribution < 1.29 is 9.53 Å². The third-order valence-electron chi connectivity index (χ3n) is 2.67. The Labute approximate surface area is 98.7 Å². The number of nitrogens with one attached hydrogen (secondary N) is 1. The Morgan fingerprint density at radius 3 is 3.25 bits per heavy atom. The largest absolute Gasteiger partial charge is 0.373 e. The van der Waals surface area contributed by atoms with Crippen molar-refractivity contribution in [2.75, 3.05) is 19.0 Å². The Morgan fingerprint density at radius 2 is 2.62 bits per heavy atom. The maximum atomic E-state index is 12.1. The van der Waals surface area contributed by atoms with Gasteiger partial charge in [-0.2, -0.15) is 5.10 Å². The number of halogens is 1. The molecule has 1 amide bonds. The molecule has 2 atom stereocenters. The first-order valence-corrected chi connectivity index (χ1v) is 5.73. The van der Waals surface area contributed by atoms with Gasteiger partial charge in [0.25, 0.3) is 5.91 Å². The molecule has 1 saturated heterocycles. The first-order chi connectivity index (χ1) is 7.72. The molecule has 2 heterocycles. The van der Waals surface area contributed by atoms with Gasteiger partial charge in [0.15, 0.2) is 0 Å². The second kappa shape index (κ2) is 4.84. The van der Waals surface area contributed by atoms with E-state index in [0.29, 0.717) is 24.7 Å². The lowest BCUT2D eigenvalue weighted by Gasteiger charge is -2.37. The fourth-order valence-electron chi connectivity index (χ4n) is 1.72. The molecule has 1 N–H and O–H groups in total. The average molecular weight is 244 g/mol. The quantitative estimate of drug-likeness (QED) is 0.785. The van der Waals surface area contributed by atoms with Crippen LogP contribution >= 0.6 is 11.6 Å². The van der Waals surface area contributed by atoms with Crippen LogP contribution in [0.5, 0.6) is 0 Å². The Balaban J connectivity index is 2.09. The summed E-state index contributed by atoms with van der Waals surface area (Å²) < 4.78 is 5.49. The summed E-state index contributed by atoms with van der Waals surface area (Å²) in [4.78, 5) is 13.9. The topological polar surface area (TPSA) is 58.2 Å². The van der Waals surface area contributed by atoms with Crippen LogP contribution in [0.1, 0.15) is 17.4 Å². The van der Waals surface area contributed by atoms with Gasteiger partial charge in [-0.15, -0.1) is 11.6 Å².